The van der Waals surface area contributed by atoms with E-state index in [-0.39, 0.29) is 24.4 Å². The average molecular weight is 351 g/mol. The van der Waals surface area contributed by atoms with E-state index in [2.05, 4.69) is 15.9 Å². The first-order valence-corrected chi connectivity index (χ1v) is 5.78. The van der Waals surface area contributed by atoms with Crippen LogP contribution in [0.5, 0.6) is 0 Å². The maximum Gasteiger partial charge on any atom is 0.389 e. The summed E-state index contributed by atoms with van der Waals surface area (Å²) in [5.74, 6) is -0.539. The van der Waals surface area contributed by atoms with Crippen LogP contribution in [0.4, 0.5) is 17.6 Å². The highest BCUT2D eigenvalue weighted by atomic mass is 79.9. The second-order valence-electron chi connectivity index (χ2n) is 3.89. The van der Waals surface area contributed by atoms with Gasteiger partial charge in [0.2, 0.25) is 0 Å². The Kier molecular flexibility index (Phi) is 6.60. The topological polar surface area (TPSA) is 26.0 Å². The molecule has 0 amide bonds. The van der Waals surface area contributed by atoms with Crippen molar-refractivity contribution in [2.24, 2.45) is 5.73 Å². The van der Waals surface area contributed by atoms with Gasteiger partial charge in [0.1, 0.15) is 5.82 Å². The van der Waals surface area contributed by atoms with Gasteiger partial charge in [-0.2, -0.15) is 13.2 Å². The van der Waals surface area contributed by atoms with E-state index in [4.69, 9.17) is 5.73 Å². The van der Waals surface area contributed by atoms with E-state index >= 15 is 0 Å². The first-order chi connectivity index (χ1) is 7.70. The van der Waals surface area contributed by atoms with Crippen molar-refractivity contribution >= 4 is 28.3 Å². The molecule has 0 saturated carbocycles. The first kappa shape index (κ1) is 17.7. The standard InChI is InChI=1S/C11H12BrF4N.ClH/c1-6-4-7(12)5-8(10(6)13)9(17)2-3-11(14,15)16;/h4-5,9H,2-3,17H2,1H3;1H/t9-;/m0./s1. The minimum atomic E-state index is -4.27. The van der Waals surface area contributed by atoms with Crippen LogP contribution in [0.3, 0.4) is 0 Å². The van der Waals surface area contributed by atoms with E-state index in [1.54, 1.807) is 13.0 Å². The molecule has 0 unspecified atom stereocenters. The molecule has 1 aromatic carbocycles. The molecule has 0 radical (unpaired) electrons. The van der Waals surface area contributed by atoms with E-state index in [0.29, 0.717) is 10.0 Å². The third-order valence-electron chi connectivity index (χ3n) is 2.39. The number of nitrogens with two attached hydrogens (primary N) is 1. The van der Waals surface area contributed by atoms with Gasteiger partial charge in [0.15, 0.2) is 0 Å². The molecule has 7 heteroatoms. The SMILES string of the molecule is Cc1cc(Br)cc([C@@H](N)CCC(F)(F)F)c1F.Cl. The van der Waals surface area contributed by atoms with Crippen LogP contribution in [0.2, 0.25) is 0 Å². The van der Waals surface area contributed by atoms with Crippen molar-refractivity contribution in [3.8, 4) is 0 Å². The van der Waals surface area contributed by atoms with Crippen LogP contribution in [0.1, 0.15) is 30.0 Å². The summed E-state index contributed by atoms with van der Waals surface area (Å²) in [6.45, 7) is 1.54. The van der Waals surface area contributed by atoms with Crippen LogP contribution in [0.15, 0.2) is 16.6 Å². The molecule has 0 saturated heterocycles. The van der Waals surface area contributed by atoms with Gasteiger partial charge in [0, 0.05) is 22.5 Å². The monoisotopic (exact) mass is 349 g/mol. The molecule has 104 valence electrons. The van der Waals surface area contributed by atoms with Gasteiger partial charge in [-0.3, -0.25) is 0 Å². The number of rotatable bonds is 3. The van der Waals surface area contributed by atoms with Crippen molar-refractivity contribution in [2.75, 3.05) is 0 Å². The van der Waals surface area contributed by atoms with Crippen LogP contribution in [-0.4, -0.2) is 6.18 Å². The molecule has 0 bridgehead atoms. The summed E-state index contributed by atoms with van der Waals surface area (Å²) in [7, 11) is 0. The molecule has 0 aliphatic rings. The van der Waals surface area contributed by atoms with Crippen LogP contribution >= 0.6 is 28.3 Å². The van der Waals surface area contributed by atoms with Crippen molar-refractivity contribution in [3.05, 3.63) is 33.5 Å². The molecule has 2 N–H and O–H groups in total. The van der Waals surface area contributed by atoms with Gasteiger partial charge in [-0.1, -0.05) is 15.9 Å². The fourth-order valence-corrected chi connectivity index (χ4v) is 2.09. The maximum absolute atomic E-state index is 13.7. The van der Waals surface area contributed by atoms with Crippen LogP contribution in [0.25, 0.3) is 0 Å². The van der Waals surface area contributed by atoms with Gasteiger partial charge in [0.05, 0.1) is 0 Å². The minimum Gasteiger partial charge on any atom is -0.324 e. The van der Waals surface area contributed by atoms with Gasteiger partial charge in [-0.15, -0.1) is 12.4 Å². The summed E-state index contributed by atoms with van der Waals surface area (Å²) in [5.41, 5.74) is 6.05. The first-order valence-electron chi connectivity index (χ1n) is 4.98. The van der Waals surface area contributed by atoms with Crippen LogP contribution in [0, 0.1) is 12.7 Å². The molecular weight excluding hydrogens is 337 g/mol. The summed E-state index contributed by atoms with van der Waals surface area (Å²) in [6.07, 6.45) is -5.61. The lowest BCUT2D eigenvalue weighted by atomic mass is 10.00. The Morgan fingerprint density at radius 1 is 1.33 bits per heavy atom. The highest BCUT2D eigenvalue weighted by molar-refractivity contribution is 9.10. The average Bonchev–Trinajstić information content (AvgIpc) is 2.19. The number of alkyl halides is 3. The lowest BCUT2D eigenvalue weighted by molar-refractivity contribution is -0.136. The summed E-state index contributed by atoms with van der Waals surface area (Å²) in [4.78, 5) is 0. The van der Waals surface area contributed by atoms with Gasteiger partial charge < -0.3 is 5.73 Å². The van der Waals surface area contributed by atoms with E-state index in [1.165, 1.54) is 6.07 Å². The van der Waals surface area contributed by atoms with Crippen molar-refractivity contribution < 1.29 is 17.6 Å². The molecule has 0 fully saturated rings. The zero-order chi connectivity index (χ0) is 13.2. The number of halogens is 6. The largest absolute Gasteiger partial charge is 0.389 e. The highest BCUT2D eigenvalue weighted by Gasteiger charge is 2.28. The highest BCUT2D eigenvalue weighted by Crippen LogP contribution is 2.29. The maximum atomic E-state index is 13.7. The molecule has 0 aliphatic carbocycles. The summed E-state index contributed by atoms with van der Waals surface area (Å²) in [6, 6.07) is 2.02. The molecule has 0 heterocycles. The fraction of sp³-hybridized carbons (Fsp3) is 0.455. The molecule has 0 spiro atoms. The fourth-order valence-electron chi connectivity index (χ4n) is 1.50. The van der Waals surface area contributed by atoms with Crippen LogP contribution < -0.4 is 5.73 Å². The van der Waals surface area contributed by atoms with E-state index in [1.807, 2.05) is 0 Å². The lowest BCUT2D eigenvalue weighted by Gasteiger charge is -2.15. The van der Waals surface area contributed by atoms with Gasteiger partial charge in [-0.05, 0) is 31.0 Å². The molecule has 0 aliphatic heterocycles. The predicted molar refractivity (Wildman–Crippen MR) is 68.3 cm³/mol. The smallest absolute Gasteiger partial charge is 0.324 e. The number of aryl methyl sites for hydroxylation is 1. The van der Waals surface area contributed by atoms with Crippen molar-refractivity contribution in [2.45, 2.75) is 32.0 Å². The van der Waals surface area contributed by atoms with Gasteiger partial charge >= 0.3 is 6.18 Å². The molecule has 1 nitrogen and oxygen atoms in total. The number of benzene rings is 1. The number of hydrogen-bond donors (Lipinski definition) is 1. The van der Waals surface area contributed by atoms with Crippen molar-refractivity contribution in [1.82, 2.24) is 0 Å². The van der Waals surface area contributed by atoms with Crippen molar-refractivity contribution in [3.63, 3.8) is 0 Å². The molecule has 18 heavy (non-hydrogen) atoms. The van der Waals surface area contributed by atoms with Gasteiger partial charge in [0.25, 0.3) is 0 Å². The second-order valence-corrected chi connectivity index (χ2v) is 4.80. The molecular formula is C11H13BrClF4N. The van der Waals surface area contributed by atoms with Crippen LogP contribution in [-0.2, 0) is 0 Å². The molecule has 1 atom stereocenters. The van der Waals surface area contributed by atoms with E-state index in [9.17, 15) is 17.6 Å². The van der Waals surface area contributed by atoms with E-state index < -0.39 is 24.5 Å². The zero-order valence-electron chi connectivity index (χ0n) is 9.52. The Morgan fingerprint density at radius 3 is 2.39 bits per heavy atom. The lowest BCUT2D eigenvalue weighted by Crippen LogP contribution is -2.17. The predicted octanol–water partition coefficient (Wildman–Crippen LogP) is 4.66. The number of hydrogen-bond acceptors (Lipinski definition) is 1. The minimum absolute atomic E-state index is 0. The Labute approximate surface area is 117 Å². The third-order valence-corrected chi connectivity index (χ3v) is 2.84. The molecule has 0 aromatic heterocycles. The molecule has 1 rings (SSSR count). The Balaban J connectivity index is 0.00000289. The quantitative estimate of drug-likeness (QED) is 0.788. The summed E-state index contributed by atoms with van der Waals surface area (Å²) < 4.78 is 50.4. The summed E-state index contributed by atoms with van der Waals surface area (Å²) >= 11 is 3.16. The van der Waals surface area contributed by atoms with Crippen molar-refractivity contribution in [1.29, 1.82) is 0 Å². The van der Waals surface area contributed by atoms with Gasteiger partial charge in [-0.25, -0.2) is 4.39 Å². The Hall–Kier alpha value is -0.330. The Bertz CT molecular complexity index is 409. The molecule has 1 aromatic rings. The zero-order valence-corrected chi connectivity index (χ0v) is 11.9. The van der Waals surface area contributed by atoms with E-state index in [0.717, 1.165) is 0 Å². The summed E-state index contributed by atoms with van der Waals surface area (Å²) in [5, 5.41) is 0. The Morgan fingerprint density at radius 2 is 1.89 bits per heavy atom. The third kappa shape index (κ3) is 5.12. The second kappa shape index (κ2) is 6.73. The normalized spacial score (nSPS) is 13.1.